The number of rotatable bonds is 4. The molecule has 0 atom stereocenters. The highest BCUT2D eigenvalue weighted by atomic mass is 19.4. The molecule has 3 rings (SSSR count). The lowest BCUT2D eigenvalue weighted by Crippen LogP contribution is -2.17. The van der Waals surface area contributed by atoms with E-state index in [1.165, 1.54) is 0 Å². The van der Waals surface area contributed by atoms with Crippen molar-refractivity contribution in [2.24, 2.45) is 0 Å². The highest BCUT2D eigenvalue weighted by molar-refractivity contribution is 5.71. The number of nitrogens with one attached hydrogen (secondary N) is 1. The Kier molecular flexibility index (Phi) is 5.08. The Hall–Kier alpha value is -3.00. The number of pyridine rings is 1. The number of nitrogens with zero attached hydrogens (tertiary/aromatic N) is 3. The third kappa shape index (κ3) is 4.64. The Balaban J connectivity index is 1.95. The second-order valence-corrected chi connectivity index (χ2v) is 6.96. The molecule has 2 N–H and O–H groups in total. The van der Waals surface area contributed by atoms with Crippen LogP contribution in [0.2, 0.25) is 0 Å². The first-order chi connectivity index (χ1) is 13.0. The average molecular weight is 388 g/mol. The van der Waals surface area contributed by atoms with Crippen LogP contribution in [0, 0.1) is 6.92 Å². The summed E-state index contributed by atoms with van der Waals surface area (Å²) in [6.45, 7) is 5.17. The van der Waals surface area contributed by atoms with Crippen LogP contribution in [0.5, 0.6) is 0 Å². The van der Waals surface area contributed by atoms with Crippen molar-refractivity contribution in [1.29, 1.82) is 0 Å². The number of halogens is 3. The van der Waals surface area contributed by atoms with Gasteiger partial charge in [-0.3, -0.25) is 4.98 Å². The molecule has 0 saturated heterocycles. The van der Waals surface area contributed by atoms with Crippen molar-refractivity contribution in [1.82, 2.24) is 15.0 Å². The van der Waals surface area contributed by atoms with E-state index in [4.69, 9.17) is 0 Å². The van der Waals surface area contributed by atoms with Gasteiger partial charge in [0.05, 0.1) is 5.69 Å². The lowest BCUT2D eigenvalue weighted by molar-refractivity contribution is -0.141. The molecule has 5 nitrogen and oxygen atoms in total. The normalized spacial score (nSPS) is 12.1. The minimum atomic E-state index is -4.54. The summed E-state index contributed by atoms with van der Waals surface area (Å²) in [5.41, 5.74) is 1.51. The van der Waals surface area contributed by atoms with E-state index in [9.17, 15) is 18.3 Å². The molecule has 0 aliphatic carbocycles. The van der Waals surface area contributed by atoms with Crippen LogP contribution < -0.4 is 5.32 Å². The van der Waals surface area contributed by atoms with Gasteiger partial charge in [-0.25, -0.2) is 9.97 Å². The van der Waals surface area contributed by atoms with Crippen LogP contribution in [0.4, 0.5) is 24.8 Å². The molecular formula is C20H19F3N4O. The highest BCUT2D eigenvalue weighted by Crippen LogP contribution is 2.30. The highest BCUT2D eigenvalue weighted by Gasteiger charge is 2.32. The second kappa shape index (κ2) is 7.20. The molecule has 0 radical (unpaired) electrons. The molecule has 0 bridgehead atoms. The van der Waals surface area contributed by atoms with E-state index in [1.54, 1.807) is 44.3 Å². The van der Waals surface area contributed by atoms with Crippen LogP contribution in [0.3, 0.4) is 0 Å². The summed E-state index contributed by atoms with van der Waals surface area (Å²) >= 11 is 0. The summed E-state index contributed by atoms with van der Waals surface area (Å²) < 4.78 is 38.5. The quantitative estimate of drug-likeness (QED) is 0.669. The number of aromatic nitrogens is 3. The number of hydrogen-bond acceptors (Lipinski definition) is 5. The molecule has 8 heteroatoms. The predicted molar refractivity (Wildman–Crippen MR) is 100.0 cm³/mol. The smallest absolute Gasteiger partial charge is 0.384 e. The molecule has 28 heavy (non-hydrogen) atoms. The first kappa shape index (κ1) is 19.8. The van der Waals surface area contributed by atoms with Crippen molar-refractivity contribution in [2.45, 2.75) is 32.5 Å². The summed E-state index contributed by atoms with van der Waals surface area (Å²) in [6, 6.07) is 9.89. The third-order valence-electron chi connectivity index (χ3n) is 4.00. The van der Waals surface area contributed by atoms with E-state index < -0.39 is 17.5 Å². The molecular weight excluding hydrogens is 369 g/mol. The molecule has 0 fully saturated rings. The summed E-state index contributed by atoms with van der Waals surface area (Å²) in [5.74, 6) is -0.140. The summed E-state index contributed by atoms with van der Waals surface area (Å²) in [6.07, 6.45) is -1.87. The van der Waals surface area contributed by atoms with Gasteiger partial charge < -0.3 is 10.4 Å². The monoisotopic (exact) mass is 388 g/mol. The molecule has 0 spiro atoms. The summed E-state index contributed by atoms with van der Waals surface area (Å²) in [5, 5.41) is 13.0. The van der Waals surface area contributed by atoms with Crippen molar-refractivity contribution in [2.75, 3.05) is 5.32 Å². The van der Waals surface area contributed by atoms with Gasteiger partial charge in [0.1, 0.15) is 11.3 Å². The van der Waals surface area contributed by atoms with E-state index in [0.29, 0.717) is 11.4 Å². The Morgan fingerprint density at radius 1 is 0.893 bits per heavy atom. The topological polar surface area (TPSA) is 70.9 Å². The fourth-order valence-corrected chi connectivity index (χ4v) is 2.67. The Labute approximate surface area is 160 Å². The summed E-state index contributed by atoms with van der Waals surface area (Å²) in [7, 11) is 0. The number of alkyl halides is 3. The molecule has 2 heterocycles. The van der Waals surface area contributed by atoms with Crippen LogP contribution in [-0.2, 0) is 11.8 Å². The van der Waals surface area contributed by atoms with Gasteiger partial charge in [0.15, 0.2) is 0 Å². The first-order valence-electron chi connectivity index (χ1n) is 8.50. The molecule has 3 aromatic rings. The van der Waals surface area contributed by atoms with Gasteiger partial charge in [-0.2, -0.15) is 13.2 Å². The number of aliphatic hydroxyl groups is 1. The molecule has 0 saturated carbocycles. The maximum absolute atomic E-state index is 12.8. The molecule has 0 aliphatic heterocycles. The molecule has 0 aliphatic rings. The maximum Gasteiger partial charge on any atom is 0.433 e. The SMILES string of the molecule is Cc1cc(Nc2nccc(C(F)(F)F)n2)cc(-c2ccnc(C(C)(C)O)c2)c1. The van der Waals surface area contributed by atoms with Crippen LogP contribution in [-0.4, -0.2) is 20.1 Å². The minimum absolute atomic E-state index is 0.140. The molecule has 0 unspecified atom stereocenters. The average Bonchev–Trinajstić information content (AvgIpc) is 2.60. The number of anilines is 2. The van der Waals surface area contributed by atoms with Crippen LogP contribution in [0.25, 0.3) is 11.1 Å². The van der Waals surface area contributed by atoms with Crippen LogP contribution in [0.15, 0.2) is 48.8 Å². The molecule has 2 aromatic heterocycles. The maximum atomic E-state index is 12.8. The van der Waals surface area contributed by atoms with E-state index >= 15 is 0 Å². The number of benzene rings is 1. The third-order valence-corrected chi connectivity index (χ3v) is 4.00. The fraction of sp³-hybridized carbons (Fsp3) is 0.250. The van der Waals surface area contributed by atoms with Gasteiger partial charge in [0.25, 0.3) is 0 Å². The van der Waals surface area contributed by atoms with Crippen LogP contribution >= 0.6 is 0 Å². The standard InChI is InChI=1S/C20H19F3N4O/c1-12-8-14(13-4-6-24-17(11-13)19(2,3)28)10-15(9-12)26-18-25-7-5-16(27-18)20(21,22)23/h4-11,28H,1-3H3,(H,25,26,27). The van der Waals surface area contributed by atoms with Crippen molar-refractivity contribution in [3.63, 3.8) is 0 Å². The predicted octanol–water partition coefficient (Wildman–Crippen LogP) is 4.84. The van der Waals surface area contributed by atoms with Gasteiger partial charge in [0, 0.05) is 18.1 Å². The molecule has 1 aromatic carbocycles. The first-order valence-corrected chi connectivity index (χ1v) is 8.50. The Morgan fingerprint density at radius 2 is 1.61 bits per heavy atom. The largest absolute Gasteiger partial charge is 0.433 e. The van der Waals surface area contributed by atoms with Gasteiger partial charge in [0.2, 0.25) is 5.95 Å². The zero-order valence-corrected chi connectivity index (χ0v) is 15.5. The van der Waals surface area contributed by atoms with E-state index in [0.717, 1.165) is 29.0 Å². The zero-order chi connectivity index (χ0) is 20.5. The zero-order valence-electron chi connectivity index (χ0n) is 15.5. The van der Waals surface area contributed by atoms with E-state index in [-0.39, 0.29) is 5.95 Å². The van der Waals surface area contributed by atoms with Gasteiger partial charge in [-0.15, -0.1) is 0 Å². The fourth-order valence-electron chi connectivity index (χ4n) is 2.67. The number of aryl methyl sites for hydroxylation is 1. The molecule has 146 valence electrons. The Bertz CT molecular complexity index is 997. The molecule has 0 amide bonds. The van der Waals surface area contributed by atoms with Crippen molar-refractivity contribution in [3.05, 3.63) is 65.7 Å². The van der Waals surface area contributed by atoms with E-state index in [2.05, 4.69) is 20.3 Å². The second-order valence-electron chi connectivity index (χ2n) is 6.96. The van der Waals surface area contributed by atoms with Crippen LogP contribution in [0.1, 0.15) is 30.8 Å². The minimum Gasteiger partial charge on any atom is -0.384 e. The van der Waals surface area contributed by atoms with Crippen molar-refractivity contribution >= 4 is 11.6 Å². The Morgan fingerprint density at radius 3 is 2.29 bits per heavy atom. The number of hydrogen-bond donors (Lipinski definition) is 2. The van der Waals surface area contributed by atoms with Crippen molar-refractivity contribution in [3.8, 4) is 11.1 Å². The lowest BCUT2D eigenvalue weighted by atomic mass is 9.98. The summed E-state index contributed by atoms with van der Waals surface area (Å²) in [4.78, 5) is 11.6. The van der Waals surface area contributed by atoms with Gasteiger partial charge in [-0.1, -0.05) is 6.07 Å². The van der Waals surface area contributed by atoms with Crippen molar-refractivity contribution < 1.29 is 18.3 Å². The lowest BCUT2D eigenvalue weighted by Gasteiger charge is -2.17. The van der Waals surface area contributed by atoms with Gasteiger partial charge >= 0.3 is 6.18 Å². The van der Waals surface area contributed by atoms with E-state index in [1.807, 2.05) is 13.0 Å². The van der Waals surface area contributed by atoms with Gasteiger partial charge in [-0.05, 0) is 67.8 Å².